The van der Waals surface area contributed by atoms with Crippen molar-refractivity contribution < 1.29 is 9.59 Å². The molecule has 3 amide bonds. The summed E-state index contributed by atoms with van der Waals surface area (Å²) in [6.07, 6.45) is 0.521. The Kier molecular flexibility index (Phi) is 3.05. The fraction of sp³-hybridized carbons (Fsp3) is 0.143. The molecule has 1 aliphatic heterocycles. The van der Waals surface area contributed by atoms with Gasteiger partial charge in [-0.15, -0.1) is 11.3 Å². The third-order valence-electron chi connectivity index (χ3n) is 3.03. The fourth-order valence-electron chi connectivity index (χ4n) is 2.13. The average Bonchev–Trinajstić information content (AvgIpc) is 3.01. The number of amides is 3. The first-order valence-corrected chi connectivity index (χ1v) is 6.85. The van der Waals surface area contributed by atoms with Crippen molar-refractivity contribution in [3.05, 3.63) is 53.4 Å². The second-order valence-electron chi connectivity index (χ2n) is 4.32. The fourth-order valence-corrected chi connectivity index (χ4v) is 2.86. The van der Waals surface area contributed by atoms with Gasteiger partial charge in [0.15, 0.2) is 0 Å². The lowest BCUT2D eigenvalue weighted by molar-refractivity contribution is -0.118. The standard InChI is InChI=1S/C14H12N2O2S/c17-13-11(9-10-5-2-1-3-6-10)15-14(18)16(13)12-7-4-8-19-12/h1-8,11H,9H2,(H,15,18)/t11-/m0/s1. The van der Waals surface area contributed by atoms with Crippen LogP contribution in [0, 0.1) is 0 Å². The highest BCUT2D eigenvalue weighted by Crippen LogP contribution is 2.25. The monoisotopic (exact) mass is 272 g/mol. The number of nitrogens with zero attached hydrogens (tertiary/aromatic N) is 1. The molecule has 0 radical (unpaired) electrons. The maximum absolute atomic E-state index is 12.3. The molecular formula is C14H12N2O2S. The van der Waals surface area contributed by atoms with Crippen LogP contribution in [0.4, 0.5) is 9.80 Å². The molecule has 1 N–H and O–H groups in total. The van der Waals surface area contributed by atoms with Crippen molar-refractivity contribution in [2.75, 3.05) is 4.90 Å². The molecule has 0 saturated carbocycles. The molecule has 1 saturated heterocycles. The van der Waals surface area contributed by atoms with Crippen LogP contribution < -0.4 is 10.2 Å². The first kappa shape index (κ1) is 11.9. The van der Waals surface area contributed by atoms with Crippen LogP contribution in [0.1, 0.15) is 5.56 Å². The minimum Gasteiger partial charge on any atom is -0.325 e. The highest BCUT2D eigenvalue weighted by molar-refractivity contribution is 7.14. The summed E-state index contributed by atoms with van der Waals surface area (Å²) in [6.45, 7) is 0. The van der Waals surface area contributed by atoms with E-state index in [1.54, 1.807) is 6.07 Å². The Balaban J connectivity index is 1.79. The smallest absolute Gasteiger partial charge is 0.325 e. The number of benzene rings is 1. The van der Waals surface area contributed by atoms with Crippen molar-refractivity contribution >= 4 is 28.3 Å². The minimum absolute atomic E-state index is 0.184. The van der Waals surface area contributed by atoms with Gasteiger partial charge in [-0.05, 0) is 23.1 Å². The Hall–Kier alpha value is -2.14. The number of anilines is 1. The van der Waals surface area contributed by atoms with Crippen LogP contribution in [-0.2, 0) is 11.2 Å². The van der Waals surface area contributed by atoms with E-state index in [-0.39, 0.29) is 11.9 Å². The van der Waals surface area contributed by atoms with Gasteiger partial charge in [0.25, 0.3) is 5.91 Å². The van der Waals surface area contributed by atoms with Crippen LogP contribution in [0.3, 0.4) is 0 Å². The molecule has 5 heteroatoms. The van der Waals surface area contributed by atoms with Crippen LogP contribution in [0.5, 0.6) is 0 Å². The zero-order valence-electron chi connectivity index (χ0n) is 10.1. The molecular weight excluding hydrogens is 260 g/mol. The first-order chi connectivity index (χ1) is 9.25. The molecule has 1 aliphatic rings. The Labute approximate surface area is 114 Å². The number of hydrogen-bond donors (Lipinski definition) is 1. The Morgan fingerprint density at radius 1 is 1.11 bits per heavy atom. The van der Waals surface area contributed by atoms with Gasteiger partial charge >= 0.3 is 6.03 Å². The van der Waals surface area contributed by atoms with Crippen LogP contribution >= 0.6 is 11.3 Å². The lowest BCUT2D eigenvalue weighted by Crippen LogP contribution is -2.32. The third-order valence-corrected chi connectivity index (χ3v) is 3.88. The maximum Gasteiger partial charge on any atom is 0.330 e. The molecule has 0 spiro atoms. The highest BCUT2D eigenvalue weighted by Gasteiger charge is 2.39. The zero-order valence-corrected chi connectivity index (χ0v) is 10.9. The van der Waals surface area contributed by atoms with E-state index in [0.29, 0.717) is 11.4 Å². The largest absolute Gasteiger partial charge is 0.330 e. The van der Waals surface area contributed by atoms with Crippen molar-refractivity contribution in [2.24, 2.45) is 0 Å². The summed E-state index contributed by atoms with van der Waals surface area (Å²) >= 11 is 1.38. The number of carbonyl (C=O) groups excluding carboxylic acids is 2. The maximum atomic E-state index is 12.3. The van der Waals surface area contributed by atoms with E-state index < -0.39 is 6.04 Å². The molecule has 0 unspecified atom stereocenters. The van der Waals surface area contributed by atoms with E-state index in [9.17, 15) is 9.59 Å². The van der Waals surface area contributed by atoms with E-state index in [4.69, 9.17) is 0 Å². The summed E-state index contributed by atoms with van der Waals surface area (Å²) in [5.74, 6) is -0.184. The summed E-state index contributed by atoms with van der Waals surface area (Å²) in [7, 11) is 0. The first-order valence-electron chi connectivity index (χ1n) is 5.97. The number of rotatable bonds is 3. The number of thiophene rings is 1. The molecule has 19 heavy (non-hydrogen) atoms. The molecule has 96 valence electrons. The second-order valence-corrected chi connectivity index (χ2v) is 5.24. The zero-order chi connectivity index (χ0) is 13.2. The Morgan fingerprint density at radius 2 is 1.89 bits per heavy atom. The normalized spacial score (nSPS) is 18.7. The van der Waals surface area contributed by atoms with E-state index in [2.05, 4.69) is 5.32 Å². The topological polar surface area (TPSA) is 49.4 Å². The summed E-state index contributed by atoms with van der Waals surface area (Å²) in [6, 6.07) is 12.5. The number of nitrogens with one attached hydrogen (secondary N) is 1. The SMILES string of the molecule is O=C1N[C@@H](Cc2ccccc2)C(=O)N1c1cccs1. The van der Waals surface area contributed by atoms with Gasteiger partial charge in [-0.1, -0.05) is 30.3 Å². The van der Waals surface area contributed by atoms with Crippen molar-refractivity contribution in [1.82, 2.24) is 5.32 Å². The number of hydrogen-bond acceptors (Lipinski definition) is 3. The summed E-state index contributed by atoms with van der Waals surface area (Å²) in [5.41, 5.74) is 1.04. The van der Waals surface area contributed by atoms with Gasteiger partial charge in [0.05, 0.1) is 0 Å². The number of urea groups is 1. The van der Waals surface area contributed by atoms with E-state index in [1.165, 1.54) is 16.2 Å². The molecule has 0 aliphatic carbocycles. The molecule has 2 aromatic rings. The molecule has 0 bridgehead atoms. The molecule has 2 heterocycles. The number of imide groups is 1. The third kappa shape index (κ3) is 2.24. The Bertz CT molecular complexity index is 595. The summed E-state index contributed by atoms with van der Waals surface area (Å²) in [5, 5.41) is 5.25. The highest BCUT2D eigenvalue weighted by atomic mass is 32.1. The van der Waals surface area contributed by atoms with Crippen molar-refractivity contribution in [2.45, 2.75) is 12.5 Å². The van der Waals surface area contributed by atoms with Gasteiger partial charge in [-0.25, -0.2) is 9.69 Å². The van der Waals surface area contributed by atoms with Crippen molar-refractivity contribution in [1.29, 1.82) is 0 Å². The van der Waals surface area contributed by atoms with Crippen LogP contribution in [-0.4, -0.2) is 18.0 Å². The van der Waals surface area contributed by atoms with Gasteiger partial charge < -0.3 is 5.32 Å². The van der Waals surface area contributed by atoms with Gasteiger partial charge in [0.1, 0.15) is 11.0 Å². The van der Waals surface area contributed by atoms with Crippen molar-refractivity contribution in [3.8, 4) is 0 Å². The quantitative estimate of drug-likeness (QED) is 0.872. The summed E-state index contributed by atoms with van der Waals surface area (Å²) < 4.78 is 0. The van der Waals surface area contributed by atoms with Crippen molar-refractivity contribution in [3.63, 3.8) is 0 Å². The van der Waals surface area contributed by atoms with E-state index >= 15 is 0 Å². The summed E-state index contributed by atoms with van der Waals surface area (Å²) in [4.78, 5) is 25.4. The van der Waals surface area contributed by atoms with Gasteiger partial charge in [0, 0.05) is 6.42 Å². The van der Waals surface area contributed by atoms with Gasteiger partial charge in [0.2, 0.25) is 0 Å². The van der Waals surface area contributed by atoms with Crippen LogP contribution in [0.2, 0.25) is 0 Å². The predicted molar refractivity (Wildman–Crippen MR) is 74.3 cm³/mol. The van der Waals surface area contributed by atoms with E-state index in [1.807, 2.05) is 41.8 Å². The molecule has 1 fully saturated rings. The van der Waals surface area contributed by atoms with Crippen LogP contribution in [0.25, 0.3) is 0 Å². The van der Waals surface area contributed by atoms with E-state index in [0.717, 1.165) is 5.56 Å². The molecule has 1 aromatic heterocycles. The van der Waals surface area contributed by atoms with Gasteiger partial charge in [-0.3, -0.25) is 4.79 Å². The van der Waals surface area contributed by atoms with Crippen LogP contribution in [0.15, 0.2) is 47.8 Å². The lowest BCUT2D eigenvalue weighted by atomic mass is 10.1. The molecule has 1 atom stereocenters. The predicted octanol–water partition coefficient (Wildman–Crippen LogP) is 2.42. The second kappa shape index (κ2) is 4.85. The molecule has 3 rings (SSSR count). The minimum atomic E-state index is -0.475. The molecule has 4 nitrogen and oxygen atoms in total. The van der Waals surface area contributed by atoms with Gasteiger partial charge in [-0.2, -0.15) is 0 Å². The number of carbonyl (C=O) groups is 2. The average molecular weight is 272 g/mol. The molecule has 1 aromatic carbocycles. The lowest BCUT2D eigenvalue weighted by Gasteiger charge is -2.10. The Morgan fingerprint density at radius 3 is 2.58 bits per heavy atom.